The van der Waals surface area contributed by atoms with E-state index < -0.39 is 0 Å². The first-order valence-corrected chi connectivity index (χ1v) is 8.25. The van der Waals surface area contributed by atoms with E-state index >= 15 is 0 Å². The van der Waals surface area contributed by atoms with E-state index in [0.29, 0.717) is 6.42 Å². The van der Waals surface area contributed by atoms with Crippen molar-refractivity contribution in [3.05, 3.63) is 35.5 Å². The van der Waals surface area contributed by atoms with Gasteiger partial charge in [-0.1, -0.05) is 25.1 Å². The number of aromatic nitrogens is 1. The third-order valence-electron chi connectivity index (χ3n) is 4.49. The summed E-state index contributed by atoms with van der Waals surface area (Å²) < 4.78 is 2.46. The monoisotopic (exact) mass is 299 g/mol. The second-order valence-corrected chi connectivity index (χ2v) is 6.18. The molecule has 0 spiro atoms. The van der Waals surface area contributed by atoms with Crippen molar-refractivity contribution in [1.29, 1.82) is 0 Å². The highest BCUT2D eigenvalue weighted by molar-refractivity contribution is 5.86. The first-order valence-electron chi connectivity index (χ1n) is 8.25. The van der Waals surface area contributed by atoms with Crippen molar-refractivity contribution in [3.8, 4) is 0 Å². The van der Waals surface area contributed by atoms with Crippen LogP contribution in [0.15, 0.2) is 24.3 Å². The first kappa shape index (κ1) is 15.1. The van der Waals surface area contributed by atoms with Crippen molar-refractivity contribution in [2.75, 3.05) is 20.1 Å². The van der Waals surface area contributed by atoms with E-state index in [4.69, 9.17) is 0 Å². The molecule has 0 saturated carbocycles. The van der Waals surface area contributed by atoms with Crippen molar-refractivity contribution in [2.45, 2.75) is 39.3 Å². The van der Waals surface area contributed by atoms with E-state index in [2.05, 4.69) is 46.1 Å². The molecule has 118 valence electrons. The van der Waals surface area contributed by atoms with Gasteiger partial charge in [0.1, 0.15) is 0 Å². The van der Waals surface area contributed by atoms with Crippen LogP contribution in [-0.4, -0.2) is 35.5 Å². The molecule has 0 radical (unpaired) electrons. The lowest BCUT2D eigenvalue weighted by Gasteiger charge is -2.26. The minimum atomic E-state index is 0.164. The predicted octanol–water partition coefficient (Wildman–Crippen LogP) is 2.55. The topological polar surface area (TPSA) is 37.3 Å². The Morgan fingerprint density at radius 2 is 2.09 bits per heavy atom. The largest absolute Gasteiger partial charge is 0.356 e. The lowest BCUT2D eigenvalue weighted by atomic mass is 10.1. The Bertz CT molecular complexity index is 674. The summed E-state index contributed by atoms with van der Waals surface area (Å²) in [6.07, 6.45) is 2.44. The zero-order valence-corrected chi connectivity index (χ0v) is 13.6. The normalized spacial score (nSPS) is 15.0. The molecule has 2 heterocycles. The molecule has 1 aliphatic rings. The summed E-state index contributed by atoms with van der Waals surface area (Å²) in [5.41, 5.74) is 4.15. The molecule has 0 saturated heterocycles. The van der Waals surface area contributed by atoms with Crippen molar-refractivity contribution < 1.29 is 4.79 Å². The lowest BCUT2D eigenvalue weighted by Crippen LogP contribution is -2.31. The van der Waals surface area contributed by atoms with Crippen LogP contribution in [0.4, 0.5) is 0 Å². The van der Waals surface area contributed by atoms with Gasteiger partial charge in [0.15, 0.2) is 0 Å². The minimum absolute atomic E-state index is 0.164. The number of nitrogens with one attached hydrogen (secondary N) is 1. The Kier molecular flexibility index (Phi) is 4.48. The number of likely N-dealkylation sites (N-methyl/N-ethyl adjacent to an activating group) is 1. The van der Waals surface area contributed by atoms with Gasteiger partial charge in [0.05, 0.1) is 0 Å². The molecule has 4 nitrogen and oxygen atoms in total. The standard InChI is InChI=1S/C18H25N3O/c1-3-6-18(22)19-10-9-15-14-7-4-5-8-16(14)21-12-11-20(2)13-17(15)21/h4-5,7-8H,3,6,9-13H2,1-2H3,(H,19,22). The smallest absolute Gasteiger partial charge is 0.219 e. The van der Waals surface area contributed by atoms with E-state index in [-0.39, 0.29) is 5.91 Å². The van der Waals surface area contributed by atoms with Crippen molar-refractivity contribution in [2.24, 2.45) is 0 Å². The number of hydrogen-bond acceptors (Lipinski definition) is 2. The number of fused-ring (bicyclic) bond motifs is 3. The van der Waals surface area contributed by atoms with Crippen molar-refractivity contribution in [1.82, 2.24) is 14.8 Å². The fourth-order valence-corrected chi connectivity index (χ4v) is 3.39. The summed E-state index contributed by atoms with van der Waals surface area (Å²) in [5.74, 6) is 0.164. The number of carbonyl (C=O) groups is 1. The summed E-state index contributed by atoms with van der Waals surface area (Å²) in [7, 11) is 2.17. The van der Waals surface area contributed by atoms with Crippen LogP contribution in [0.3, 0.4) is 0 Å². The quantitative estimate of drug-likeness (QED) is 0.921. The molecule has 0 aliphatic carbocycles. The predicted molar refractivity (Wildman–Crippen MR) is 89.9 cm³/mol. The third kappa shape index (κ3) is 2.88. The molecule has 2 aromatic rings. The van der Waals surface area contributed by atoms with Crippen molar-refractivity contribution in [3.63, 3.8) is 0 Å². The molecule has 1 N–H and O–H groups in total. The highest BCUT2D eigenvalue weighted by atomic mass is 16.1. The molecule has 1 aromatic heterocycles. The highest BCUT2D eigenvalue weighted by Crippen LogP contribution is 2.29. The maximum atomic E-state index is 11.7. The second-order valence-electron chi connectivity index (χ2n) is 6.18. The Balaban J connectivity index is 1.85. The zero-order chi connectivity index (χ0) is 15.5. The number of carbonyl (C=O) groups excluding carboxylic acids is 1. The number of nitrogens with zero attached hydrogens (tertiary/aromatic N) is 2. The van der Waals surface area contributed by atoms with Gasteiger partial charge in [-0.15, -0.1) is 0 Å². The molecule has 22 heavy (non-hydrogen) atoms. The molecule has 3 rings (SSSR count). The third-order valence-corrected chi connectivity index (χ3v) is 4.49. The van der Waals surface area contributed by atoms with Gasteiger partial charge in [-0.3, -0.25) is 9.69 Å². The van der Waals surface area contributed by atoms with Crippen LogP contribution in [0.2, 0.25) is 0 Å². The molecule has 0 bridgehead atoms. The van der Waals surface area contributed by atoms with Gasteiger partial charge in [0.2, 0.25) is 5.91 Å². The summed E-state index contributed by atoms with van der Waals surface area (Å²) in [6.45, 7) is 5.90. The van der Waals surface area contributed by atoms with E-state index in [1.807, 2.05) is 6.92 Å². The first-order chi connectivity index (χ1) is 10.7. The van der Waals surface area contributed by atoms with Crippen LogP contribution in [0.1, 0.15) is 31.0 Å². The maximum absolute atomic E-state index is 11.7. The average molecular weight is 299 g/mol. The summed E-state index contributed by atoms with van der Waals surface area (Å²) in [4.78, 5) is 14.0. The number of rotatable bonds is 5. The molecule has 1 aromatic carbocycles. The highest BCUT2D eigenvalue weighted by Gasteiger charge is 2.21. The molecule has 0 atom stereocenters. The van der Waals surface area contributed by atoms with Gasteiger partial charge in [0.25, 0.3) is 0 Å². The van der Waals surface area contributed by atoms with E-state index in [9.17, 15) is 4.79 Å². The number of benzene rings is 1. The Morgan fingerprint density at radius 1 is 1.27 bits per heavy atom. The Morgan fingerprint density at radius 3 is 2.91 bits per heavy atom. The van der Waals surface area contributed by atoms with Crippen LogP contribution in [0.25, 0.3) is 10.9 Å². The molecule has 0 fully saturated rings. The number of para-hydroxylation sites is 1. The summed E-state index contributed by atoms with van der Waals surface area (Å²) >= 11 is 0. The van der Waals surface area contributed by atoms with Gasteiger partial charge in [-0.2, -0.15) is 0 Å². The van der Waals surface area contributed by atoms with E-state index in [1.54, 1.807) is 0 Å². The summed E-state index contributed by atoms with van der Waals surface area (Å²) in [6, 6.07) is 8.64. The zero-order valence-electron chi connectivity index (χ0n) is 13.6. The van der Waals surface area contributed by atoms with Crippen LogP contribution < -0.4 is 5.32 Å². The number of hydrogen-bond donors (Lipinski definition) is 1. The van der Waals surface area contributed by atoms with Gasteiger partial charge in [0, 0.05) is 49.2 Å². The van der Waals surface area contributed by atoms with E-state index in [1.165, 1.54) is 22.2 Å². The van der Waals surface area contributed by atoms with Gasteiger partial charge in [-0.05, 0) is 31.5 Å². The maximum Gasteiger partial charge on any atom is 0.219 e. The number of amides is 1. The van der Waals surface area contributed by atoms with Gasteiger partial charge >= 0.3 is 0 Å². The van der Waals surface area contributed by atoms with Gasteiger partial charge in [-0.25, -0.2) is 0 Å². The Labute approximate surface area is 132 Å². The molecular formula is C18H25N3O. The van der Waals surface area contributed by atoms with Crippen LogP contribution in [0.5, 0.6) is 0 Å². The van der Waals surface area contributed by atoms with Crippen LogP contribution in [0, 0.1) is 0 Å². The molecule has 4 heteroatoms. The van der Waals surface area contributed by atoms with Crippen molar-refractivity contribution >= 4 is 16.8 Å². The Hall–Kier alpha value is -1.81. The second kappa shape index (κ2) is 6.53. The average Bonchev–Trinajstić information content (AvgIpc) is 2.81. The SMILES string of the molecule is CCCC(=O)NCCc1c2n(c3ccccc13)CCN(C)C2. The minimum Gasteiger partial charge on any atom is -0.356 e. The van der Waals surface area contributed by atoms with Crippen LogP contribution >= 0.6 is 0 Å². The molecule has 1 aliphatic heterocycles. The molecular weight excluding hydrogens is 274 g/mol. The summed E-state index contributed by atoms with van der Waals surface area (Å²) in [5, 5.41) is 4.39. The van der Waals surface area contributed by atoms with E-state index in [0.717, 1.165) is 39.0 Å². The lowest BCUT2D eigenvalue weighted by molar-refractivity contribution is -0.121. The molecule has 1 amide bonds. The molecule has 0 unspecified atom stereocenters. The fraction of sp³-hybridized carbons (Fsp3) is 0.500. The fourth-order valence-electron chi connectivity index (χ4n) is 3.39. The van der Waals surface area contributed by atoms with Crippen LogP contribution in [-0.2, 0) is 24.3 Å². The van der Waals surface area contributed by atoms with Gasteiger partial charge < -0.3 is 9.88 Å².